The monoisotopic (exact) mass is 366 g/mol. The lowest BCUT2D eigenvalue weighted by Crippen LogP contribution is -2.14. The molecule has 7 heteroatoms. The van der Waals surface area contributed by atoms with Gasteiger partial charge in [-0.25, -0.2) is 18.4 Å². The van der Waals surface area contributed by atoms with Crippen LogP contribution in [-0.4, -0.2) is 34.5 Å². The molecule has 2 heterocycles. The highest BCUT2D eigenvalue weighted by atomic mass is 32.2. The van der Waals surface area contributed by atoms with Crippen LogP contribution in [0.15, 0.2) is 6.20 Å². The van der Waals surface area contributed by atoms with Gasteiger partial charge in [-0.2, -0.15) is 0 Å². The van der Waals surface area contributed by atoms with Crippen LogP contribution < -0.4 is 5.73 Å². The summed E-state index contributed by atoms with van der Waals surface area (Å²) in [5.74, 6) is 1.92. The maximum absolute atomic E-state index is 12.1. The molecule has 6 nitrogen and oxygen atoms in total. The number of hydrogen-bond acceptors (Lipinski definition) is 5. The van der Waals surface area contributed by atoms with Crippen molar-refractivity contribution in [3.8, 4) is 0 Å². The maximum atomic E-state index is 12.1. The first-order valence-electron chi connectivity index (χ1n) is 9.20. The van der Waals surface area contributed by atoms with Crippen molar-refractivity contribution in [1.82, 2.24) is 14.5 Å². The van der Waals surface area contributed by atoms with Gasteiger partial charge in [-0.1, -0.05) is 26.7 Å². The Morgan fingerprint density at radius 3 is 2.48 bits per heavy atom. The number of aryl methyl sites for hydroxylation is 3. The van der Waals surface area contributed by atoms with E-state index >= 15 is 0 Å². The summed E-state index contributed by atoms with van der Waals surface area (Å²) < 4.78 is 26.4. The molecule has 25 heavy (non-hydrogen) atoms. The van der Waals surface area contributed by atoms with Crippen LogP contribution in [0.1, 0.15) is 57.3 Å². The summed E-state index contributed by atoms with van der Waals surface area (Å²) in [6.45, 7) is 6.79. The minimum Gasteiger partial charge on any atom is -0.382 e. The number of unbranched alkanes of at least 4 members (excludes halogenated alkanes) is 2. The summed E-state index contributed by atoms with van der Waals surface area (Å²) in [6.07, 6.45) is 6.99. The van der Waals surface area contributed by atoms with Crippen LogP contribution in [0.5, 0.6) is 0 Å². The highest BCUT2D eigenvalue weighted by molar-refractivity contribution is 7.91. The Morgan fingerprint density at radius 2 is 1.80 bits per heavy atom. The number of fused-ring (bicyclic) bond motifs is 1. The molecule has 0 aromatic carbocycles. The van der Waals surface area contributed by atoms with Crippen LogP contribution in [0.2, 0.25) is 0 Å². The number of pyridine rings is 1. The number of imidazole rings is 1. The number of sulfone groups is 1. The number of nitrogen functional groups attached to an aromatic ring is 1. The van der Waals surface area contributed by atoms with E-state index in [1.807, 2.05) is 13.8 Å². The third-order valence-corrected chi connectivity index (χ3v) is 6.28. The number of nitrogens with zero attached hydrogens (tertiary/aromatic N) is 3. The highest BCUT2D eigenvalue weighted by Gasteiger charge is 2.16. The minimum atomic E-state index is -2.97. The lowest BCUT2D eigenvalue weighted by molar-refractivity contribution is 0.580. The number of hydrogen-bond donors (Lipinski definition) is 1. The topological polar surface area (TPSA) is 90.9 Å². The van der Waals surface area contributed by atoms with Gasteiger partial charge in [0.05, 0.1) is 17.0 Å². The molecule has 0 aliphatic heterocycles. The molecule has 0 spiro atoms. The van der Waals surface area contributed by atoms with E-state index in [1.54, 1.807) is 6.20 Å². The van der Waals surface area contributed by atoms with Gasteiger partial charge in [-0.3, -0.25) is 0 Å². The Balaban J connectivity index is 2.24. The Morgan fingerprint density at radius 1 is 1.12 bits per heavy atom. The van der Waals surface area contributed by atoms with E-state index in [1.165, 1.54) is 0 Å². The van der Waals surface area contributed by atoms with Gasteiger partial charge in [0.25, 0.3) is 0 Å². The lowest BCUT2D eigenvalue weighted by Gasteiger charge is -2.11. The van der Waals surface area contributed by atoms with Crippen molar-refractivity contribution in [2.45, 2.75) is 65.8 Å². The molecule has 2 aromatic rings. The number of rotatable bonds is 10. The van der Waals surface area contributed by atoms with E-state index in [0.29, 0.717) is 18.8 Å². The SMILES string of the molecule is CCCCc1nc2c(N)ncc(C)c2n1CCCS(=O)(=O)CCCC. The summed E-state index contributed by atoms with van der Waals surface area (Å²) in [7, 11) is -2.97. The van der Waals surface area contributed by atoms with Gasteiger partial charge in [0.1, 0.15) is 21.2 Å². The fourth-order valence-corrected chi connectivity index (χ4v) is 4.54. The molecular formula is C18H30N4O2S. The fourth-order valence-electron chi connectivity index (χ4n) is 3.04. The van der Waals surface area contributed by atoms with Gasteiger partial charge >= 0.3 is 0 Å². The molecule has 0 radical (unpaired) electrons. The van der Waals surface area contributed by atoms with Crippen LogP contribution in [0, 0.1) is 6.92 Å². The predicted octanol–water partition coefficient (Wildman–Crippen LogP) is 3.27. The van der Waals surface area contributed by atoms with Gasteiger partial charge in [0.15, 0.2) is 5.82 Å². The molecule has 0 atom stereocenters. The third-order valence-electron chi connectivity index (χ3n) is 4.46. The van der Waals surface area contributed by atoms with Crippen LogP contribution in [0.4, 0.5) is 5.82 Å². The molecule has 0 saturated carbocycles. The van der Waals surface area contributed by atoms with Crippen molar-refractivity contribution in [2.24, 2.45) is 0 Å². The van der Waals surface area contributed by atoms with E-state index in [2.05, 4.69) is 16.5 Å². The first-order chi connectivity index (χ1) is 11.9. The largest absolute Gasteiger partial charge is 0.382 e. The van der Waals surface area contributed by atoms with Crippen LogP contribution in [0.3, 0.4) is 0 Å². The summed E-state index contributed by atoms with van der Waals surface area (Å²) >= 11 is 0. The second-order valence-electron chi connectivity index (χ2n) is 6.67. The number of anilines is 1. The van der Waals surface area contributed by atoms with Crippen molar-refractivity contribution in [3.63, 3.8) is 0 Å². The van der Waals surface area contributed by atoms with Gasteiger partial charge in [-0.15, -0.1) is 0 Å². The van der Waals surface area contributed by atoms with Crippen molar-refractivity contribution < 1.29 is 8.42 Å². The van der Waals surface area contributed by atoms with E-state index in [9.17, 15) is 8.42 Å². The predicted molar refractivity (Wildman–Crippen MR) is 103 cm³/mol. The first kappa shape index (κ1) is 19.7. The van der Waals surface area contributed by atoms with E-state index in [0.717, 1.165) is 54.5 Å². The zero-order valence-corrected chi connectivity index (χ0v) is 16.4. The van der Waals surface area contributed by atoms with Gasteiger partial charge in [0.2, 0.25) is 0 Å². The average Bonchev–Trinajstić information content (AvgIpc) is 2.94. The molecular weight excluding hydrogens is 336 g/mol. The van der Waals surface area contributed by atoms with Gasteiger partial charge in [-0.05, 0) is 31.7 Å². The number of nitrogens with two attached hydrogens (primary N) is 1. The zero-order chi connectivity index (χ0) is 18.4. The second kappa shape index (κ2) is 8.65. The van der Waals surface area contributed by atoms with Gasteiger partial charge in [0, 0.05) is 19.2 Å². The molecule has 0 saturated heterocycles. The molecule has 2 N–H and O–H groups in total. The minimum absolute atomic E-state index is 0.222. The maximum Gasteiger partial charge on any atom is 0.151 e. The van der Waals surface area contributed by atoms with Crippen LogP contribution in [-0.2, 0) is 22.8 Å². The Hall–Kier alpha value is -1.63. The summed E-state index contributed by atoms with van der Waals surface area (Å²) in [5.41, 5.74) is 8.75. The fraction of sp³-hybridized carbons (Fsp3) is 0.667. The molecule has 2 aromatic heterocycles. The van der Waals surface area contributed by atoms with E-state index in [-0.39, 0.29) is 11.5 Å². The highest BCUT2D eigenvalue weighted by Crippen LogP contribution is 2.25. The Bertz CT molecular complexity index is 812. The normalized spacial score (nSPS) is 12.1. The van der Waals surface area contributed by atoms with Crippen LogP contribution >= 0.6 is 0 Å². The van der Waals surface area contributed by atoms with Crippen molar-refractivity contribution >= 4 is 26.7 Å². The molecule has 0 amide bonds. The lowest BCUT2D eigenvalue weighted by atomic mass is 10.2. The molecule has 0 fully saturated rings. The van der Waals surface area contributed by atoms with Gasteiger partial charge < -0.3 is 10.3 Å². The first-order valence-corrected chi connectivity index (χ1v) is 11.0. The second-order valence-corrected chi connectivity index (χ2v) is 8.97. The van der Waals surface area contributed by atoms with Crippen LogP contribution in [0.25, 0.3) is 11.0 Å². The average molecular weight is 367 g/mol. The molecule has 0 unspecified atom stereocenters. The molecule has 2 rings (SSSR count). The standard InChI is InChI=1S/C18H30N4O2S/c1-4-6-9-15-21-16-17(14(3)13-20-18(16)19)22(15)10-8-12-25(23,24)11-7-5-2/h13H,4-12H2,1-3H3,(H2,19,20). The Labute approximate surface area is 150 Å². The molecule has 0 aliphatic rings. The number of aromatic nitrogens is 3. The zero-order valence-electron chi connectivity index (χ0n) is 15.6. The van der Waals surface area contributed by atoms with E-state index < -0.39 is 9.84 Å². The summed E-state index contributed by atoms with van der Waals surface area (Å²) in [5, 5.41) is 0. The smallest absolute Gasteiger partial charge is 0.151 e. The Kier molecular flexibility index (Phi) is 6.81. The third kappa shape index (κ3) is 4.93. The molecule has 0 aliphatic carbocycles. The molecule has 0 bridgehead atoms. The van der Waals surface area contributed by atoms with Crippen molar-refractivity contribution in [3.05, 3.63) is 17.6 Å². The summed E-state index contributed by atoms with van der Waals surface area (Å²) in [6, 6.07) is 0. The van der Waals surface area contributed by atoms with E-state index in [4.69, 9.17) is 10.7 Å². The van der Waals surface area contributed by atoms with Crippen molar-refractivity contribution in [1.29, 1.82) is 0 Å². The molecule has 140 valence electrons. The van der Waals surface area contributed by atoms with Crippen molar-refractivity contribution in [2.75, 3.05) is 17.2 Å². The quantitative estimate of drug-likeness (QED) is 0.697. The summed E-state index contributed by atoms with van der Waals surface area (Å²) in [4.78, 5) is 8.90.